The zero-order chi connectivity index (χ0) is 18.2. The third-order valence-corrected chi connectivity index (χ3v) is 3.47. The highest BCUT2D eigenvalue weighted by molar-refractivity contribution is 6.03. The monoisotopic (exact) mass is 342 g/mol. The van der Waals surface area contributed by atoms with E-state index in [1.54, 1.807) is 37.3 Å². The fourth-order valence-corrected chi connectivity index (χ4v) is 2.17. The Labute approximate surface area is 146 Å². The summed E-state index contributed by atoms with van der Waals surface area (Å²) in [5.74, 6) is 0.391. The number of amides is 1. The van der Waals surface area contributed by atoms with Gasteiger partial charge in [0, 0.05) is 18.3 Å². The van der Waals surface area contributed by atoms with Gasteiger partial charge in [0.25, 0.3) is 5.91 Å². The second kappa shape index (κ2) is 8.77. The first kappa shape index (κ1) is 18.4. The van der Waals surface area contributed by atoms with Gasteiger partial charge in [-0.05, 0) is 37.6 Å². The number of aromatic nitrogens is 2. The van der Waals surface area contributed by atoms with Gasteiger partial charge in [0.15, 0.2) is 0 Å². The number of anilines is 2. The Morgan fingerprint density at radius 1 is 1.16 bits per heavy atom. The predicted molar refractivity (Wildman–Crippen MR) is 95.9 cm³/mol. The number of nitrogens with one attached hydrogen (secondary N) is 2. The number of esters is 1. The van der Waals surface area contributed by atoms with Crippen LogP contribution in [0.4, 0.5) is 11.5 Å². The largest absolute Gasteiger partial charge is 0.465 e. The number of hydrogen-bond acceptors (Lipinski definition) is 6. The average Bonchev–Trinajstić information content (AvgIpc) is 2.61. The summed E-state index contributed by atoms with van der Waals surface area (Å²) < 4.78 is 4.64. The highest BCUT2D eigenvalue weighted by atomic mass is 16.5. The number of unbranched alkanes of at least 4 members (excludes halogenated alkanes) is 1. The van der Waals surface area contributed by atoms with E-state index in [0.29, 0.717) is 22.9 Å². The third-order valence-electron chi connectivity index (χ3n) is 3.47. The molecule has 1 heterocycles. The minimum atomic E-state index is -0.424. The molecule has 0 fully saturated rings. The van der Waals surface area contributed by atoms with Gasteiger partial charge in [-0.1, -0.05) is 13.3 Å². The number of carbonyl (C=O) groups excluding carboxylic acids is 2. The van der Waals surface area contributed by atoms with E-state index in [4.69, 9.17) is 0 Å². The predicted octanol–water partition coefficient (Wildman–Crippen LogP) is 3.04. The molecular formula is C18H22N4O3. The highest BCUT2D eigenvalue weighted by Gasteiger charge is 2.12. The molecule has 0 unspecified atom stereocenters. The average molecular weight is 342 g/mol. The van der Waals surface area contributed by atoms with Crippen molar-refractivity contribution < 1.29 is 14.3 Å². The topological polar surface area (TPSA) is 93.2 Å². The van der Waals surface area contributed by atoms with Crippen LogP contribution < -0.4 is 10.6 Å². The molecule has 2 rings (SSSR count). The van der Waals surface area contributed by atoms with Crippen molar-refractivity contribution in [1.82, 2.24) is 9.97 Å². The summed E-state index contributed by atoms with van der Waals surface area (Å²) in [6, 6.07) is 8.08. The fourth-order valence-electron chi connectivity index (χ4n) is 2.17. The third kappa shape index (κ3) is 5.27. The van der Waals surface area contributed by atoms with Crippen LogP contribution in [0.2, 0.25) is 0 Å². The minimum absolute atomic E-state index is 0.281. The molecule has 0 aliphatic heterocycles. The fraction of sp³-hybridized carbons (Fsp3) is 0.333. The molecule has 0 aliphatic rings. The first-order chi connectivity index (χ1) is 12.0. The van der Waals surface area contributed by atoms with E-state index in [2.05, 4.69) is 32.3 Å². The molecule has 7 heteroatoms. The zero-order valence-corrected chi connectivity index (χ0v) is 14.6. The molecule has 1 aromatic heterocycles. The molecule has 0 bridgehead atoms. The van der Waals surface area contributed by atoms with Gasteiger partial charge in [-0.3, -0.25) is 4.79 Å². The Morgan fingerprint density at radius 2 is 1.88 bits per heavy atom. The van der Waals surface area contributed by atoms with E-state index in [-0.39, 0.29) is 11.6 Å². The number of nitrogens with zero attached hydrogens (tertiary/aromatic N) is 2. The van der Waals surface area contributed by atoms with Gasteiger partial charge >= 0.3 is 5.97 Å². The normalized spacial score (nSPS) is 10.2. The number of rotatable bonds is 7. The molecule has 7 nitrogen and oxygen atoms in total. The molecule has 0 spiro atoms. The Hall–Kier alpha value is -2.96. The molecule has 2 aromatic rings. The van der Waals surface area contributed by atoms with Crippen LogP contribution in [-0.4, -0.2) is 35.5 Å². The summed E-state index contributed by atoms with van der Waals surface area (Å²) >= 11 is 0. The lowest BCUT2D eigenvalue weighted by Crippen LogP contribution is -2.16. The van der Waals surface area contributed by atoms with Crippen LogP contribution in [0, 0.1) is 6.92 Å². The SMILES string of the molecule is CCCCNc1cc(C(=O)Nc2ccc(C(=O)OC)cc2)nc(C)n1. The van der Waals surface area contributed by atoms with Crippen LogP contribution in [0.5, 0.6) is 0 Å². The second-order valence-electron chi connectivity index (χ2n) is 5.49. The molecule has 25 heavy (non-hydrogen) atoms. The standard InChI is InChI=1S/C18H22N4O3/c1-4-5-10-19-16-11-15(20-12(2)21-16)17(23)22-14-8-6-13(7-9-14)18(24)25-3/h6-9,11H,4-5,10H2,1-3H3,(H,22,23)(H,19,20,21). The van der Waals surface area contributed by atoms with Crippen molar-refractivity contribution in [3.8, 4) is 0 Å². The molecule has 2 N–H and O–H groups in total. The first-order valence-electron chi connectivity index (χ1n) is 8.12. The van der Waals surface area contributed by atoms with Crippen molar-refractivity contribution in [2.24, 2.45) is 0 Å². The summed E-state index contributed by atoms with van der Waals surface area (Å²) in [5, 5.41) is 5.94. The van der Waals surface area contributed by atoms with Crippen molar-refractivity contribution in [2.75, 3.05) is 24.3 Å². The smallest absolute Gasteiger partial charge is 0.337 e. The number of methoxy groups -OCH3 is 1. The molecular weight excluding hydrogens is 320 g/mol. The quantitative estimate of drug-likeness (QED) is 0.593. The van der Waals surface area contributed by atoms with Crippen LogP contribution in [0.1, 0.15) is 46.4 Å². The molecule has 0 atom stereocenters. The van der Waals surface area contributed by atoms with E-state index >= 15 is 0 Å². The van der Waals surface area contributed by atoms with Gasteiger partial charge in [0.05, 0.1) is 12.7 Å². The van der Waals surface area contributed by atoms with Crippen LogP contribution in [0.25, 0.3) is 0 Å². The van der Waals surface area contributed by atoms with Crippen LogP contribution >= 0.6 is 0 Å². The van der Waals surface area contributed by atoms with Crippen molar-refractivity contribution in [3.05, 3.63) is 47.4 Å². The Balaban J connectivity index is 2.08. The molecule has 132 valence electrons. The van der Waals surface area contributed by atoms with Crippen molar-refractivity contribution in [1.29, 1.82) is 0 Å². The van der Waals surface area contributed by atoms with E-state index in [9.17, 15) is 9.59 Å². The van der Waals surface area contributed by atoms with Gasteiger partial charge in [0.2, 0.25) is 0 Å². The van der Waals surface area contributed by atoms with Gasteiger partial charge in [-0.15, -0.1) is 0 Å². The van der Waals surface area contributed by atoms with Crippen molar-refractivity contribution in [3.63, 3.8) is 0 Å². The van der Waals surface area contributed by atoms with Gasteiger partial charge < -0.3 is 15.4 Å². The highest BCUT2D eigenvalue weighted by Crippen LogP contribution is 2.13. The molecule has 0 aliphatic carbocycles. The molecule has 0 radical (unpaired) electrons. The maximum Gasteiger partial charge on any atom is 0.337 e. The summed E-state index contributed by atoms with van der Waals surface area (Å²) in [6.45, 7) is 4.65. The number of ether oxygens (including phenoxy) is 1. The van der Waals surface area contributed by atoms with E-state index < -0.39 is 5.97 Å². The van der Waals surface area contributed by atoms with Gasteiger partial charge in [-0.25, -0.2) is 14.8 Å². The molecule has 1 aromatic carbocycles. The first-order valence-corrected chi connectivity index (χ1v) is 8.12. The summed E-state index contributed by atoms with van der Waals surface area (Å²) in [7, 11) is 1.32. The Morgan fingerprint density at radius 3 is 2.52 bits per heavy atom. The summed E-state index contributed by atoms with van der Waals surface area (Å²) in [6.07, 6.45) is 2.10. The second-order valence-corrected chi connectivity index (χ2v) is 5.49. The van der Waals surface area contributed by atoms with Gasteiger partial charge in [0.1, 0.15) is 17.3 Å². The van der Waals surface area contributed by atoms with E-state index in [1.165, 1.54) is 7.11 Å². The maximum absolute atomic E-state index is 12.4. The maximum atomic E-state index is 12.4. The summed E-state index contributed by atoms with van der Waals surface area (Å²) in [4.78, 5) is 32.3. The van der Waals surface area contributed by atoms with E-state index in [1.807, 2.05) is 0 Å². The number of aryl methyl sites for hydroxylation is 1. The molecule has 0 saturated carbocycles. The van der Waals surface area contributed by atoms with E-state index in [0.717, 1.165) is 19.4 Å². The van der Waals surface area contributed by atoms with Crippen molar-refractivity contribution in [2.45, 2.75) is 26.7 Å². The molecule has 1 amide bonds. The number of carbonyl (C=O) groups is 2. The Bertz CT molecular complexity index is 744. The van der Waals surface area contributed by atoms with Crippen LogP contribution in [0.3, 0.4) is 0 Å². The van der Waals surface area contributed by atoms with Crippen LogP contribution in [-0.2, 0) is 4.74 Å². The summed E-state index contributed by atoms with van der Waals surface area (Å²) in [5.41, 5.74) is 1.26. The van der Waals surface area contributed by atoms with Crippen LogP contribution in [0.15, 0.2) is 30.3 Å². The lowest BCUT2D eigenvalue weighted by Gasteiger charge is -2.09. The lowest BCUT2D eigenvalue weighted by atomic mass is 10.2. The molecule has 0 saturated heterocycles. The number of benzene rings is 1. The number of hydrogen-bond donors (Lipinski definition) is 2. The van der Waals surface area contributed by atoms with Crippen molar-refractivity contribution >= 4 is 23.4 Å². The lowest BCUT2D eigenvalue weighted by molar-refractivity contribution is 0.0600. The Kier molecular flexibility index (Phi) is 6.45. The van der Waals surface area contributed by atoms with Gasteiger partial charge in [-0.2, -0.15) is 0 Å². The minimum Gasteiger partial charge on any atom is -0.465 e. The zero-order valence-electron chi connectivity index (χ0n) is 14.6.